The first kappa shape index (κ1) is 9.64. The molecule has 0 fully saturated rings. The van der Waals surface area contributed by atoms with Crippen LogP contribution in [0.1, 0.15) is 13.3 Å². The second kappa shape index (κ2) is 4.54. The minimum absolute atomic E-state index is 0.334. The van der Waals surface area contributed by atoms with Crippen LogP contribution in [0.3, 0.4) is 0 Å². The maximum Gasteiger partial charge on any atom is 0.318 e. The molecular weight excluding hydrogens is 170 g/mol. The lowest BCUT2D eigenvalue weighted by atomic mass is 10.1. The van der Waals surface area contributed by atoms with E-state index < -0.39 is 5.92 Å². The molecule has 0 bridgehead atoms. The van der Waals surface area contributed by atoms with Crippen molar-refractivity contribution in [3.63, 3.8) is 0 Å². The number of ether oxygens (including phenoxy) is 1. The van der Waals surface area contributed by atoms with Crippen molar-refractivity contribution in [3.8, 4) is 0 Å². The van der Waals surface area contributed by atoms with Gasteiger partial charge in [-0.2, -0.15) is 0 Å². The average Bonchev–Trinajstić information content (AvgIpc) is 2.15. The van der Waals surface area contributed by atoms with E-state index >= 15 is 0 Å². The Morgan fingerprint density at radius 3 is 3.00 bits per heavy atom. The second-order valence-corrected chi connectivity index (χ2v) is 2.67. The minimum Gasteiger partial charge on any atom is -0.465 e. The van der Waals surface area contributed by atoms with Crippen LogP contribution in [0, 0.1) is 5.92 Å². The molecule has 0 N–H and O–H groups in total. The van der Waals surface area contributed by atoms with Crippen LogP contribution in [0.15, 0.2) is 17.1 Å². The first-order chi connectivity index (χ1) is 6.24. The Labute approximate surface area is 76.3 Å². The van der Waals surface area contributed by atoms with E-state index in [1.54, 1.807) is 0 Å². The number of rotatable bonds is 3. The molecular formula is C9H11NO3. The van der Waals surface area contributed by atoms with Crippen LogP contribution in [-0.2, 0) is 14.3 Å². The number of amides is 1. The normalized spacial score (nSPS) is 20.4. The molecule has 1 aliphatic heterocycles. The smallest absolute Gasteiger partial charge is 0.318 e. The number of carbonyl (C=O) groups excluding carboxylic acids is 2. The standard InChI is InChI=1S/C9H11NO3/c1-2-5-13-9(12)7-3-4-8(11)10-6-7/h3-4,6-7H,2,5H2,1H3. The lowest BCUT2D eigenvalue weighted by Crippen LogP contribution is -2.20. The Balaban J connectivity index is 2.45. The third-order valence-corrected chi connectivity index (χ3v) is 1.53. The summed E-state index contributed by atoms with van der Waals surface area (Å²) in [4.78, 5) is 25.3. The molecule has 1 amide bonds. The number of aliphatic imine (C=N–C) groups is 1. The minimum atomic E-state index is -0.496. The monoisotopic (exact) mass is 181 g/mol. The zero-order valence-electron chi connectivity index (χ0n) is 7.40. The van der Waals surface area contributed by atoms with E-state index in [1.165, 1.54) is 18.4 Å². The van der Waals surface area contributed by atoms with Crippen molar-refractivity contribution >= 4 is 18.1 Å². The Kier molecular flexibility index (Phi) is 3.37. The van der Waals surface area contributed by atoms with E-state index in [4.69, 9.17) is 4.74 Å². The van der Waals surface area contributed by atoms with Gasteiger partial charge in [0.2, 0.25) is 0 Å². The van der Waals surface area contributed by atoms with Crippen molar-refractivity contribution in [1.82, 2.24) is 0 Å². The summed E-state index contributed by atoms with van der Waals surface area (Å²) >= 11 is 0. The highest BCUT2D eigenvalue weighted by atomic mass is 16.5. The Morgan fingerprint density at radius 2 is 2.46 bits per heavy atom. The highest BCUT2D eigenvalue weighted by molar-refractivity contribution is 6.03. The first-order valence-electron chi connectivity index (χ1n) is 4.17. The molecule has 1 rings (SSSR count). The fraction of sp³-hybridized carbons (Fsp3) is 0.444. The van der Waals surface area contributed by atoms with Gasteiger partial charge in [-0.05, 0) is 6.42 Å². The Bertz CT molecular complexity index is 252. The van der Waals surface area contributed by atoms with Crippen LogP contribution < -0.4 is 0 Å². The van der Waals surface area contributed by atoms with Gasteiger partial charge in [0.05, 0.1) is 6.61 Å². The van der Waals surface area contributed by atoms with Gasteiger partial charge in [0.25, 0.3) is 5.91 Å². The molecule has 70 valence electrons. The Hall–Kier alpha value is -1.45. The number of hydrogen-bond acceptors (Lipinski definition) is 3. The van der Waals surface area contributed by atoms with E-state index in [0.29, 0.717) is 6.61 Å². The highest BCUT2D eigenvalue weighted by Gasteiger charge is 2.17. The molecule has 4 heteroatoms. The van der Waals surface area contributed by atoms with Gasteiger partial charge in [-0.1, -0.05) is 13.0 Å². The van der Waals surface area contributed by atoms with Crippen LogP contribution in [0.5, 0.6) is 0 Å². The van der Waals surface area contributed by atoms with E-state index in [1.807, 2.05) is 6.92 Å². The second-order valence-electron chi connectivity index (χ2n) is 2.67. The van der Waals surface area contributed by atoms with Gasteiger partial charge in [-0.15, -0.1) is 0 Å². The summed E-state index contributed by atoms with van der Waals surface area (Å²) < 4.78 is 4.87. The van der Waals surface area contributed by atoms with E-state index in [0.717, 1.165) is 6.42 Å². The molecule has 0 saturated heterocycles. The van der Waals surface area contributed by atoms with Crippen LogP contribution >= 0.6 is 0 Å². The van der Waals surface area contributed by atoms with Crippen LogP contribution in [0.4, 0.5) is 0 Å². The van der Waals surface area contributed by atoms with Gasteiger partial charge in [0.1, 0.15) is 5.92 Å². The lowest BCUT2D eigenvalue weighted by Gasteiger charge is -2.08. The molecule has 4 nitrogen and oxygen atoms in total. The molecule has 1 atom stereocenters. The fourth-order valence-corrected chi connectivity index (χ4v) is 0.871. The van der Waals surface area contributed by atoms with Crippen molar-refractivity contribution in [1.29, 1.82) is 0 Å². The number of nitrogens with zero attached hydrogens (tertiary/aromatic N) is 1. The molecule has 1 aliphatic rings. The van der Waals surface area contributed by atoms with E-state index in [2.05, 4.69) is 4.99 Å². The summed E-state index contributed by atoms with van der Waals surface area (Å²) in [5.41, 5.74) is 0. The third-order valence-electron chi connectivity index (χ3n) is 1.53. The number of carbonyl (C=O) groups is 2. The third kappa shape index (κ3) is 2.82. The Morgan fingerprint density at radius 1 is 1.69 bits per heavy atom. The van der Waals surface area contributed by atoms with Gasteiger partial charge in [-0.25, -0.2) is 4.99 Å². The van der Waals surface area contributed by atoms with Crippen molar-refractivity contribution in [2.75, 3.05) is 6.61 Å². The lowest BCUT2D eigenvalue weighted by molar-refractivity contribution is -0.144. The number of dihydropyridines is 1. The van der Waals surface area contributed by atoms with Gasteiger partial charge in [-0.3, -0.25) is 9.59 Å². The predicted molar refractivity (Wildman–Crippen MR) is 47.4 cm³/mol. The molecule has 0 saturated carbocycles. The fourth-order valence-electron chi connectivity index (χ4n) is 0.871. The summed E-state index contributed by atoms with van der Waals surface area (Å²) in [5, 5.41) is 0. The first-order valence-corrected chi connectivity index (χ1v) is 4.17. The molecule has 13 heavy (non-hydrogen) atoms. The predicted octanol–water partition coefficient (Wildman–Crippen LogP) is 0.723. The van der Waals surface area contributed by atoms with Crippen LogP contribution in [-0.4, -0.2) is 24.7 Å². The molecule has 0 aromatic carbocycles. The van der Waals surface area contributed by atoms with Crippen molar-refractivity contribution in [3.05, 3.63) is 12.2 Å². The van der Waals surface area contributed by atoms with Crippen molar-refractivity contribution in [2.45, 2.75) is 13.3 Å². The molecule has 0 aliphatic carbocycles. The topological polar surface area (TPSA) is 55.7 Å². The van der Waals surface area contributed by atoms with E-state index in [9.17, 15) is 9.59 Å². The van der Waals surface area contributed by atoms with Gasteiger partial charge in [0.15, 0.2) is 0 Å². The van der Waals surface area contributed by atoms with Crippen LogP contribution in [0.25, 0.3) is 0 Å². The zero-order chi connectivity index (χ0) is 9.68. The SMILES string of the molecule is CCCOC(=O)C1C=CC(=O)N=C1. The number of hydrogen-bond donors (Lipinski definition) is 0. The van der Waals surface area contributed by atoms with Crippen molar-refractivity contribution < 1.29 is 14.3 Å². The zero-order valence-corrected chi connectivity index (χ0v) is 7.40. The molecule has 0 spiro atoms. The highest BCUT2D eigenvalue weighted by Crippen LogP contribution is 2.04. The van der Waals surface area contributed by atoms with Gasteiger partial charge < -0.3 is 4.74 Å². The summed E-state index contributed by atoms with van der Waals surface area (Å²) in [5.74, 6) is -1.18. The maximum atomic E-state index is 11.2. The summed E-state index contributed by atoms with van der Waals surface area (Å²) in [7, 11) is 0. The van der Waals surface area contributed by atoms with Gasteiger partial charge >= 0.3 is 5.97 Å². The average molecular weight is 181 g/mol. The largest absolute Gasteiger partial charge is 0.465 e. The number of esters is 1. The maximum absolute atomic E-state index is 11.2. The molecule has 0 aromatic rings. The molecule has 1 unspecified atom stereocenters. The summed E-state index contributed by atoms with van der Waals surface area (Å²) in [6.07, 6.45) is 4.86. The molecule has 1 heterocycles. The van der Waals surface area contributed by atoms with Crippen LogP contribution in [0.2, 0.25) is 0 Å². The summed E-state index contributed by atoms with van der Waals surface area (Å²) in [6.45, 7) is 2.33. The summed E-state index contributed by atoms with van der Waals surface area (Å²) in [6, 6.07) is 0. The molecule has 0 aromatic heterocycles. The quantitative estimate of drug-likeness (QED) is 0.603. The van der Waals surface area contributed by atoms with Crippen molar-refractivity contribution in [2.24, 2.45) is 10.9 Å². The van der Waals surface area contributed by atoms with E-state index in [-0.39, 0.29) is 11.9 Å². The van der Waals surface area contributed by atoms with Gasteiger partial charge in [0, 0.05) is 12.3 Å². The molecule has 0 radical (unpaired) electrons.